The number of hydrogen-bond acceptors (Lipinski definition) is 3. The summed E-state index contributed by atoms with van der Waals surface area (Å²) >= 11 is 5.76. The molecular weight excluding hydrogens is 293 g/mol. The number of hydrogen-bond donors (Lipinski definition) is 1. The lowest BCUT2D eigenvalue weighted by molar-refractivity contribution is 0.266. The van der Waals surface area contributed by atoms with Crippen LogP contribution in [0.1, 0.15) is 18.1 Å². The molecule has 0 unspecified atom stereocenters. The monoisotopic (exact) mass is 309 g/mol. The van der Waals surface area contributed by atoms with E-state index in [1.54, 1.807) is 12.1 Å². The van der Waals surface area contributed by atoms with E-state index in [0.29, 0.717) is 24.7 Å². The van der Waals surface area contributed by atoms with Crippen LogP contribution in [-0.4, -0.2) is 6.61 Å². The van der Waals surface area contributed by atoms with Crippen LogP contribution in [0.15, 0.2) is 36.4 Å². The molecular formula is C16H17ClFNO2. The highest BCUT2D eigenvalue weighted by molar-refractivity contribution is 6.30. The lowest BCUT2D eigenvalue weighted by Gasteiger charge is -2.15. The maximum Gasteiger partial charge on any atom is 0.166 e. The number of benzene rings is 2. The van der Waals surface area contributed by atoms with E-state index in [4.69, 9.17) is 26.8 Å². The predicted octanol–water partition coefficient (Wildman–Crippen LogP) is 3.92. The van der Waals surface area contributed by atoms with E-state index >= 15 is 0 Å². The fourth-order valence-electron chi connectivity index (χ4n) is 1.94. The smallest absolute Gasteiger partial charge is 0.166 e. The molecule has 0 radical (unpaired) electrons. The highest BCUT2D eigenvalue weighted by Gasteiger charge is 2.11. The molecule has 0 saturated heterocycles. The van der Waals surface area contributed by atoms with Crippen LogP contribution in [0.5, 0.6) is 11.5 Å². The van der Waals surface area contributed by atoms with Gasteiger partial charge in [-0.2, -0.15) is 0 Å². The highest BCUT2D eigenvalue weighted by atomic mass is 35.5. The Hall–Kier alpha value is -1.78. The Kier molecular flexibility index (Phi) is 5.42. The van der Waals surface area contributed by atoms with Gasteiger partial charge in [0.25, 0.3) is 0 Å². The number of nitrogens with two attached hydrogens (primary N) is 1. The fourth-order valence-corrected chi connectivity index (χ4v) is 2.14. The van der Waals surface area contributed by atoms with Gasteiger partial charge in [0.1, 0.15) is 12.4 Å². The van der Waals surface area contributed by atoms with Gasteiger partial charge in [-0.05, 0) is 30.7 Å². The summed E-state index contributed by atoms with van der Waals surface area (Å²) in [5.41, 5.74) is 7.35. The van der Waals surface area contributed by atoms with Crippen molar-refractivity contribution in [1.82, 2.24) is 0 Å². The van der Waals surface area contributed by atoms with E-state index in [9.17, 15) is 4.39 Å². The van der Waals surface area contributed by atoms with Gasteiger partial charge in [-0.1, -0.05) is 29.8 Å². The number of ether oxygens (including phenoxy) is 2. The summed E-state index contributed by atoms with van der Waals surface area (Å²) in [6.07, 6.45) is 0. The second-order valence-corrected chi connectivity index (χ2v) is 4.83. The van der Waals surface area contributed by atoms with Crippen molar-refractivity contribution < 1.29 is 13.9 Å². The number of para-hydroxylation sites is 1. The average Bonchev–Trinajstić information content (AvgIpc) is 2.49. The normalized spacial score (nSPS) is 10.5. The van der Waals surface area contributed by atoms with E-state index in [1.807, 2.05) is 25.1 Å². The minimum absolute atomic E-state index is 0.0771. The molecule has 3 nitrogen and oxygen atoms in total. The molecule has 112 valence electrons. The molecule has 2 N–H and O–H groups in total. The summed E-state index contributed by atoms with van der Waals surface area (Å²) in [6.45, 7) is 3.04. The molecule has 2 rings (SSSR count). The molecule has 2 aromatic rings. The Labute approximate surface area is 128 Å². The van der Waals surface area contributed by atoms with Crippen LogP contribution < -0.4 is 15.2 Å². The molecule has 21 heavy (non-hydrogen) atoms. The van der Waals surface area contributed by atoms with E-state index in [0.717, 1.165) is 11.1 Å². The van der Waals surface area contributed by atoms with Gasteiger partial charge >= 0.3 is 0 Å². The summed E-state index contributed by atoms with van der Waals surface area (Å²) in [5, 5.41) is 0.0771. The zero-order chi connectivity index (χ0) is 15.2. The van der Waals surface area contributed by atoms with Gasteiger partial charge in [0, 0.05) is 12.1 Å². The van der Waals surface area contributed by atoms with Crippen molar-refractivity contribution in [3.8, 4) is 11.5 Å². The first kappa shape index (κ1) is 15.6. The zero-order valence-corrected chi connectivity index (χ0v) is 12.5. The first-order chi connectivity index (χ1) is 10.2. The van der Waals surface area contributed by atoms with Crippen molar-refractivity contribution in [2.24, 2.45) is 5.73 Å². The third-order valence-corrected chi connectivity index (χ3v) is 3.24. The Morgan fingerprint density at radius 3 is 2.67 bits per heavy atom. The van der Waals surface area contributed by atoms with Crippen molar-refractivity contribution >= 4 is 11.6 Å². The molecule has 5 heteroatoms. The molecule has 0 bridgehead atoms. The van der Waals surface area contributed by atoms with Gasteiger partial charge in [-0.25, -0.2) is 4.39 Å². The third kappa shape index (κ3) is 3.86. The second kappa shape index (κ2) is 7.29. The molecule has 0 saturated carbocycles. The van der Waals surface area contributed by atoms with Crippen LogP contribution in [0.25, 0.3) is 0 Å². The van der Waals surface area contributed by atoms with Crippen LogP contribution in [-0.2, 0) is 13.2 Å². The van der Waals surface area contributed by atoms with Gasteiger partial charge in [0.05, 0.1) is 11.6 Å². The molecule has 0 aliphatic carbocycles. The van der Waals surface area contributed by atoms with Crippen LogP contribution in [0.3, 0.4) is 0 Å². The lowest BCUT2D eigenvalue weighted by Crippen LogP contribution is -2.05. The Bertz CT molecular complexity index is 619. The standard InChI is InChI=1S/C16H17ClFNO2/c1-2-20-15-5-3-4-12(9-19)16(15)21-10-11-6-7-14(18)13(17)8-11/h3-8H,2,9-10,19H2,1H3. The van der Waals surface area contributed by atoms with Gasteiger partial charge in [-0.15, -0.1) is 0 Å². The predicted molar refractivity (Wildman–Crippen MR) is 81.2 cm³/mol. The van der Waals surface area contributed by atoms with E-state index < -0.39 is 5.82 Å². The largest absolute Gasteiger partial charge is 0.490 e. The van der Waals surface area contributed by atoms with E-state index in [2.05, 4.69) is 0 Å². The summed E-state index contributed by atoms with van der Waals surface area (Å²) in [5.74, 6) is 0.814. The molecule has 0 spiro atoms. The summed E-state index contributed by atoms with van der Waals surface area (Å²) in [6, 6.07) is 10.1. The Balaban J connectivity index is 2.20. The molecule has 0 fully saturated rings. The number of rotatable bonds is 6. The summed E-state index contributed by atoms with van der Waals surface area (Å²) in [4.78, 5) is 0. The van der Waals surface area contributed by atoms with Gasteiger partial charge < -0.3 is 15.2 Å². The topological polar surface area (TPSA) is 44.5 Å². The average molecular weight is 310 g/mol. The van der Waals surface area contributed by atoms with Crippen LogP contribution in [0.4, 0.5) is 4.39 Å². The fraction of sp³-hybridized carbons (Fsp3) is 0.250. The van der Waals surface area contributed by atoms with Crippen molar-refractivity contribution in [1.29, 1.82) is 0 Å². The zero-order valence-electron chi connectivity index (χ0n) is 11.7. The molecule has 0 amide bonds. The maximum absolute atomic E-state index is 13.1. The summed E-state index contributed by atoms with van der Waals surface area (Å²) < 4.78 is 24.5. The minimum Gasteiger partial charge on any atom is -0.490 e. The number of halogens is 2. The van der Waals surface area contributed by atoms with Crippen LogP contribution in [0.2, 0.25) is 5.02 Å². The molecule has 0 heterocycles. The highest BCUT2D eigenvalue weighted by Crippen LogP contribution is 2.32. The molecule has 0 aliphatic heterocycles. The molecule has 0 atom stereocenters. The van der Waals surface area contributed by atoms with Crippen molar-refractivity contribution in [2.45, 2.75) is 20.1 Å². The minimum atomic E-state index is -0.446. The molecule has 0 aromatic heterocycles. The SMILES string of the molecule is CCOc1cccc(CN)c1OCc1ccc(F)c(Cl)c1. The first-order valence-corrected chi connectivity index (χ1v) is 7.05. The maximum atomic E-state index is 13.1. The van der Waals surface area contributed by atoms with Crippen molar-refractivity contribution in [3.05, 3.63) is 58.4 Å². The third-order valence-electron chi connectivity index (χ3n) is 2.95. The van der Waals surface area contributed by atoms with Gasteiger partial charge in [0.15, 0.2) is 11.5 Å². The first-order valence-electron chi connectivity index (χ1n) is 6.67. The van der Waals surface area contributed by atoms with Crippen LogP contribution >= 0.6 is 11.6 Å². The lowest BCUT2D eigenvalue weighted by atomic mass is 10.2. The van der Waals surface area contributed by atoms with Crippen molar-refractivity contribution in [3.63, 3.8) is 0 Å². The van der Waals surface area contributed by atoms with E-state index in [1.165, 1.54) is 6.07 Å². The van der Waals surface area contributed by atoms with Gasteiger partial charge in [-0.3, -0.25) is 0 Å². The summed E-state index contributed by atoms with van der Waals surface area (Å²) in [7, 11) is 0. The van der Waals surface area contributed by atoms with Crippen LogP contribution in [0, 0.1) is 5.82 Å². The quantitative estimate of drug-likeness (QED) is 0.879. The molecule has 2 aromatic carbocycles. The second-order valence-electron chi connectivity index (χ2n) is 4.42. The van der Waals surface area contributed by atoms with Gasteiger partial charge in [0.2, 0.25) is 0 Å². The Morgan fingerprint density at radius 2 is 2.00 bits per heavy atom. The van der Waals surface area contributed by atoms with E-state index in [-0.39, 0.29) is 11.6 Å². The molecule has 0 aliphatic rings. The Morgan fingerprint density at radius 1 is 1.19 bits per heavy atom. The van der Waals surface area contributed by atoms with Crippen molar-refractivity contribution in [2.75, 3.05) is 6.61 Å².